The van der Waals surface area contributed by atoms with E-state index in [4.69, 9.17) is 4.74 Å². The maximum absolute atomic E-state index is 11.5. The average molecular weight is 256 g/mol. The molecule has 0 spiro atoms. The lowest BCUT2D eigenvalue weighted by atomic mass is 10.2. The lowest BCUT2D eigenvalue weighted by molar-refractivity contribution is -0.436. The molecule has 0 saturated heterocycles. The summed E-state index contributed by atoms with van der Waals surface area (Å²) in [6.45, 7) is 0.0891. The zero-order valence-corrected chi connectivity index (χ0v) is 10.1. The van der Waals surface area contributed by atoms with Crippen LogP contribution in [0.2, 0.25) is 0 Å². The standard InChI is InChI=1S/C14H12N2O3/c17-14(19-11-12-7-3-1-4-8-12)15-16(18)13-9-5-2-6-10-13/h1-10H,11H2/b16-15+. The highest BCUT2D eigenvalue weighted by molar-refractivity contribution is 5.67. The van der Waals surface area contributed by atoms with Gasteiger partial charge in [-0.2, -0.15) is 0 Å². The van der Waals surface area contributed by atoms with E-state index in [9.17, 15) is 10.0 Å². The molecule has 0 fully saturated rings. The van der Waals surface area contributed by atoms with E-state index >= 15 is 0 Å². The predicted octanol–water partition coefficient (Wildman–Crippen LogP) is 3.62. The van der Waals surface area contributed by atoms with Crippen LogP contribution < -0.4 is 0 Å². The number of carbonyl (C=O) groups excluding carboxylic acids is 1. The van der Waals surface area contributed by atoms with Crippen molar-refractivity contribution < 1.29 is 14.4 Å². The molecule has 0 radical (unpaired) electrons. The summed E-state index contributed by atoms with van der Waals surface area (Å²) < 4.78 is 4.87. The molecule has 0 atom stereocenters. The predicted molar refractivity (Wildman–Crippen MR) is 68.8 cm³/mol. The van der Waals surface area contributed by atoms with Gasteiger partial charge >= 0.3 is 6.09 Å². The number of hydrogen-bond donors (Lipinski definition) is 0. The summed E-state index contributed by atoms with van der Waals surface area (Å²) in [5.41, 5.74) is 1.11. The van der Waals surface area contributed by atoms with Gasteiger partial charge in [-0.1, -0.05) is 48.5 Å². The van der Waals surface area contributed by atoms with E-state index < -0.39 is 6.09 Å². The molecule has 1 amide bonds. The Bertz CT molecular complexity index is 568. The molecule has 0 N–H and O–H groups in total. The van der Waals surface area contributed by atoms with Gasteiger partial charge in [-0.3, -0.25) is 0 Å². The van der Waals surface area contributed by atoms with Crippen LogP contribution in [0.4, 0.5) is 10.5 Å². The fraction of sp³-hybridized carbons (Fsp3) is 0.0714. The molecule has 5 nitrogen and oxygen atoms in total. The number of hydrogen-bond acceptors (Lipinski definition) is 3. The van der Waals surface area contributed by atoms with E-state index in [1.54, 1.807) is 30.3 Å². The van der Waals surface area contributed by atoms with Crippen molar-refractivity contribution in [2.24, 2.45) is 5.11 Å². The van der Waals surface area contributed by atoms with Gasteiger partial charge in [-0.25, -0.2) is 4.79 Å². The molecule has 0 aliphatic rings. The Labute approximate surface area is 110 Å². The normalized spacial score (nSPS) is 11.1. The number of amides is 1. The second-order valence-electron chi connectivity index (χ2n) is 3.75. The number of nitrogens with zero attached hydrogens (tertiary/aromatic N) is 2. The van der Waals surface area contributed by atoms with Gasteiger partial charge in [0.2, 0.25) is 5.69 Å². The van der Waals surface area contributed by atoms with Gasteiger partial charge in [0, 0.05) is 12.1 Å². The lowest BCUT2D eigenvalue weighted by Gasteiger charge is -2.01. The van der Waals surface area contributed by atoms with E-state index in [1.165, 1.54) is 0 Å². The molecule has 0 aliphatic heterocycles. The van der Waals surface area contributed by atoms with Gasteiger partial charge in [0.25, 0.3) is 0 Å². The van der Waals surface area contributed by atoms with Crippen molar-refractivity contribution in [3.8, 4) is 0 Å². The van der Waals surface area contributed by atoms with Crippen LogP contribution in [0.5, 0.6) is 0 Å². The van der Waals surface area contributed by atoms with Crippen LogP contribution in [-0.2, 0) is 11.3 Å². The molecule has 0 aromatic heterocycles. The fourth-order valence-corrected chi connectivity index (χ4v) is 1.44. The Hall–Kier alpha value is -2.69. The Morgan fingerprint density at radius 2 is 1.63 bits per heavy atom. The Morgan fingerprint density at radius 3 is 2.26 bits per heavy atom. The minimum atomic E-state index is -0.914. The van der Waals surface area contributed by atoms with Crippen LogP contribution in [0, 0.1) is 5.21 Å². The third-order valence-corrected chi connectivity index (χ3v) is 2.35. The highest BCUT2D eigenvalue weighted by atomic mass is 16.6. The Morgan fingerprint density at radius 1 is 1.05 bits per heavy atom. The molecule has 96 valence electrons. The zero-order valence-electron chi connectivity index (χ0n) is 10.1. The molecule has 0 saturated carbocycles. The summed E-state index contributed by atoms with van der Waals surface area (Å²) in [6.07, 6.45) is -0.914. The van der Waals surface area contributed by atoms with Crippen LogP contribution in [0.3, 0.4) is 0 Å². The number of carbonyl (C=O) groups is 1. The third-order valence-electron chi connectivity index (χ3n) is 2.35. The first-order chi connectivity index (χ1) is 9.25. The van der Waals surface area contributed by atoms with Crippen molar-refractivity contribution >= 4 is 11.8 Å². The van der Waals surface area contributed by atoms with Crippen LogP contribution in [0.25, 0.3) is 0 Å². The third kappa shape index (κ3) is 3.92. The van der Waals surface area contributed by atoms with Crippen molar-refractivity contribution in [2.75, 3.05) is 0 Å². The number of benzene rings is 2. The highest BCUT2D eigenvalue weighted by Gasteiger charge is 2.08. The topological polar surface area (TPSA) is 64.7 Å². The molecule has 2 rings (SSSR count). The van der Waals surface area contributed by atoms with E-state index in [0.717, 1.165) is 5.56 Å². The van der Waals surface area contributed by atoms with E-state index in [0.29, 0.717) is 0 Å². The summed E-state index contributed by atoms with van der Waals surface area (Å²) in [5.74, 6) is 0. The van der Waals surface area contributed by atoms with Crippen molar-refractivity contribution in [1.29, 1.82) is 0 Å². The summed E-state index contributed by atoms with van der Waals surface area (Å²) in [6, 6.07) is 17.4. The molecule has 2 aromatic carbocycles. The van der Waals surface area contributed by atoms with E-state index in [-0.39, 0.29) is 17.2 Å². The van der Waals surface area contributed by atoms with Crippen LogP contribution in [0.1, 0.15) is 5.56 Å². The van der Waals surface area contributed by atoms with Gasteiger partial charge < -0.3 is 9.94 Å². The number of para-hydroxylation sites is 1. The molecule has 0 unspecified atom stereocenters. The minimum absolute atomic E-state index is 0.0891. The zero-order chi connectivity index (χ0) is 13.5. The summed E-state index contributed by atoms with van der Waals surface area (Å²) >= 11 is 0. The smallest absolute Gasteiger partial charge is 0.492 e. The highest BCUT2D eigenvalue weighted by Crippen LogP contribution is 2.10. The molecular weight excluding hydrogens is 244 g/mol. The number of ether oxygens (including phenoxy) is 1. The SMILES string of the molecule is O=C(/N=[N+](/[O-])c1ccccc1)OCc1ccccc1. The van der Waals surface area contributed by atoms with Crippen LogP contribution in [-0.4, -0.2) is 11.0 Å². The van der Waals surface area contributed by atoms with Crippen molar-refractivity contribution in [2.45, 2.75) is 6.61 Å². The van der Waals surface area contributed by atoms with Gasteiger partial charge in [-0.15, -0.1) is 0 Å². The second kappa shape index (κ2) is 6.30. The minimum Gasteiger partial charge on any atom is -0.594 e. The summed E-state index contributed by atoms with van der Waals surface area (Å²) in [4.78, 5) is 11.6. The summed E-state index contributed by atoms with van der Waals surface area (Å²) in [5, 5.41) is 14.8. The van der Waals surface area contributed by atoms with Crippen LogP contribution in [0.15, 0.2) is 65.8 Å². The first kappa shape index (κ1) is 12.8. The van der Waals surface area contributed by atoms with Crippen LogP contribution >= 0.6 is 0 Å². The molecule has 0 heterocycles. The molecular formula is C14H12N2O3. The summed E-state index contributed by atoms with van der Waals surface area (Å²) in [7, 11) is 0. The molecule has 0 bridgehead atoms. The first-order valence-electron chi connectivity index (χ1n) is 5.70. The Kier molecular flexibility index (Phi) is 4.23. The van der Waals surface area contributed by atoms with Crippen molar-refractivity contribution in [1.82, 2.24) is 0 Å². The number of rotatable bonds is 3. The molecule has 19 heavy (non-hydrogen) atoms. The largest absolute Gasteiger partial charge is 0.594 e. The molecule has 5 heteroatoms. The monoisotopic (exact) mass is 256 g/mol. The van der Waals surface area contributed by atoms with Gasteiger partial charge in [0.05, 0.1) is 5.11 Å². The lowest BCUT2D eigenvalue weighted by Crippen LogP contribution is -2.03. The molecule has 2 aromatic rings. The maximum Gasteiger partial charge on any atom is 0.492 e. The average Bonchev–Trinajstić information content (AvgIpc) is 2.47. The second-order valence-corrected chi connectivity index (χ2v) is 3.75. The quantitative estimate of drug-likeness (QED) is 0.478. The van der Waals surface area contributed by atoms with Gasteiger partial charge in [0.1, 0.15) is 6.61 Å². The van der Waals surface area contributed by atoms with Crippen molar-refractivity contribution in [3.05, 3.63) is 71.4 Å². The maximum atomic E-state index is 11.5. The van der Waals surface area contributed by atoms with E-state index in [2.05, 4.69) is 5.11 Å². The fourth-order valence-electron chi connectivity index (χ4n) is 1.44. The Balaban J connectivity index is 1.94. The molecule has 0 aliphatic carbocycles. The van der Waals surface area contributed by atoms with E-state index in [1.807, 2.05) is 30.3 Å². The van der Waals surface area contributed by atoms with Gasteiger partial charge in [-0.05, 0) is 10.4 Å². The number of azo groups is 1. The first-order valence-corrected chi connectivity index (χ1v) is 5.70. The van der Waals surface area contributed by atoms with Crippen molar-refractivity contribution in [3.63, 3.8) is 0 Å². The van der Waals surface area contributed by atoms with Gasteiger partial charge in [0.15, 0.2) is 0 Å².